The van der Waals surface area contributed by atoms with Gasteiger partial charge in [-0.15, -0.1) is 13.2 Å². The van der Waals surface area contributed by atoms with Crippen LogP contribution in [0.2, 0.25) is 0 Å². The third-order valence-electron chi connectivity index (χ3n) is 4.30. The Bertz CT molecular complexity index is 647. The van der Waals surface area contributed by atoms with Crippen LogP contribution in [0.1, 0.15) is 81.8 Å². The molecule has 0 saturated heterocycles. The number of rotatable bonds is 4. The van der Waals surface area contributed by atoms with Crippen molar-refractivity contribution < 1.29 is 0 Å². The minimum absolute atomic E-state index is 1.07. The zero-order chi connectivity index (χ0) is 23.2. The molecule has 0 spiro atoms. The monoisotopic (exact) mass is 396 g/mol. The Labute approximate surface area is 183 Å². The van der Waals surface area contributed by atoms with Crippen molar-refractivity contribution in [3.8, 4) is 0 Å². The second-order valence-corrected chi connectivity index (χ2v) is 6.17. The second kappa shape index (κ2) is 22.2. The summed E-state index contributed by atoms with van der Waals surface area (Å²) in [6.07, 6.45) is 7.69. The van der Waals surface area contributed by atoms with Crippen molar-refractivity contribution in [1.29, 1.82) is 0 Å². The molecule has 0 radical (unpaired) electrons. The van der Waals surface area contributed by atoms with E-state index in [0.717, 1.165) is 19.3 Å². The van der Waals surface area contributed by atoms with Crippen molar-refractivity contribution in [1.82, 2.24) is 0 Å². The molecule has 0 nitrogen and oxygen atoms in total. The highest BCUT2D eigenvalue weighted by Crippen LogP contribution is 2.14. The lowest BCUT2D eigenvalue weighted by atomic mass is 9.98. The van der Waals surface area contributed by atoms with Gasteiger partial charge < -0.3 is 0 Å². The van der Waals surface area contributed by atoms with Crippen LogP contribution < -0.4 is 0 Å². The molecule has 164 valence electrons. The summed E-state index contributed by atoms with van der Waals surface area (Å²) in [5.74, 6) is 0. The van der Waals surface area contributed by atoms with Crippen molar-refractivity contribution in [2.45, 2.75) is 88.5 Å². The van der Waals surface area contributed by atoms with Gasteiger partial charge in [-0.05, 0) is 74.8 Å². The Hall–Kier alpha value is -2.08. The van der Waals surface area contributed by atoms with Gasteiger partial charge in [-0.25, -0.2) is 0 Å². The summed E-state index contributed by atoms with van der Waals surface area (Å²) < 4.78 is 0. The van der Waals surface area contributed by atoms with Gasteiger partial charge in [0.1, 0.15) is 0 Å². The fourth-order valence-corrected chi connectivity index (χ4v) is 2.56. The van der Waals surface area contributed by atoms with E-state index >= 15 is 0 Å². The maximum atomic E-state index is 3.00. The van der Waals surface area contributed by atoms with Gasteiger partial charge in [0.15, 0.2) is 0 Å². The van der Waals surface area contributed by atoms with Crippen LogP contribution in [-0.2, 0) is 19.3 Å². The van der Waals surface area contributed by atoms with E-state index in [-0.39, 0.29) is 0 Å². The molecule has 0 amide bonds. The van der Waals surface area contributed by atoms with Gasteiger partial charge in [0, 0.05) is 0 Å². The van der Waals surface area contributed by atoms with Gasteiger partial charge in [0.25, 0.3) is 0 Å². The van der Waals surface area contributed by atoms with E-state index in [1.807, 2.05) is 27.7 Å². The van der Waals surface area contributed by atoms with Crippen LogP contribution in [0, 0.1) is 20.8 Å². The summed E-state index contributed by atoms with van der Waals surface area (Å²) in [5, 5.41) is 0. The Balaban J connectivity index is -0.000000389. The second-order valence-electron chi connectivity index (χ2n) is 6.17. The molecule has 0 aromatic heterocycles. The quantitative estimate of drug-likeness (QED) is 0.451. The first-order chi connectivity index (χ1) is 14.0. The Morgan fingerprint density at radius 1 is 0.724 bits per heavy atom. The maximum absolute atomic E-state index is 3.00. The molecule has 0 atom stereocenters. The van der Waals surface area contributed by atoms with E-state index in [0.29, 0.717) is 0 Å². The molecule has 2 aromatic rings. The van der Waals surface area contributed by atoms with Crippen LogP contribution in [-0.4, -0.2) is 0 Å². The molecule has 0 N–H and O–H groups in total. The summed E-state index contributed by atoms with van der Waals surface area (Å²) in [6.45, 7) is 26.9. The molecule has 0 heteroatoms. The van der Waals surface area contributed by atoms with Gasteiger partial charge in [-0.3, -0.25) is 0 Å². The van der Waals surface area contributed by atoms with Crippen LogP contribution in [0.4, 0.5) is 0 Å². The van der Waals surface area contributed by atoms with Crippen molar-refractivity contribution in [2.75, 3.05) is 0 Å². The zero-order valence-corrected chi connectivity index (χ0v) is 21.2. The number of allylic oxidation sites excluding steroid dienone is 2. The highest BCUT2D eigenvalue weighted by Gasteiger charge is 1.99. The average Bonchev–Trinajstić information content (AvgIpc) is 2.79. The molecule has 0 fully saturated rings. The SMILES string of the molecule is C=C.CC.CC.CC=CCc1ccc(CC)cc1CC.Cc1ccc(C)c(C)c1. The van der Waals surface area contributed by atoms with Crippen LogP contribution in [0.3, 0.4) is 0 Å². The highest BCUT2D eigenvalue weighted by atomic mass is 14.0. The van der Waals surface area contributed by atoms with E-state index in [1.165, 1.54) is 33.4 Å². The first kappa shape index (κ1) is 31.6. The van der Waals surface area contributed by atoms with E-state index in [9.17, 15) is 0 Å². The number of hydrogen-bond acceptors (Lipinski definition) is 0. The van der Waals surface area contributed by atoms with Crippen molar-refractivity contribution >= 4 is 0 Å². The van der Waals surface area contributed by atoms with Crippen LogP contribution >= 0.6 is 0 Å². The van der Waals surface area contributed by atoms with E-state index < -0.39 is 0 Å². The van der Waals surface area contributed by atoms with Crippen LogP contribution in [0.15, 0.2) is 61.7 Å². The van der Waals surface area contributed by atoms with Crippen molar-refractivity contribution in [3.05, 3.63) is 95.1 Å². The first-order valence-electron chi connectivity index (χ1n) is 11.3. The Morgan fingerprint density at radius 3 is 1.72 bits per heavy atom. The predicted molar refractivity (Wildman–Crippen MR) is 138 cm³/mol. The summed E-state index contributed by atoms with van der Waals surface area (Å²) in [7, 11) is 0. The van der Waals surface area contributed by atoms with Crippen molar-refractivity contribution in [3.63, 3.8) is 0 Å². The molecular formula is C29H48. The molecule has 0 unspecified atom stereocenters. The van der Waals surface area contributed by atoms with Crippen LogP contribution in [0.25, 0.3) is 0 Å². The number of aryl methyl sites for hydroxylation is 5. The number of hydrogen-bond donors (Lipinski definition) is 0. The topological polar surface area (TPSA) is 0 Å². The molecule has 2 aromatic carbocycles. The molecular weight excluding hydrogens is 348 g/mol. The smallest absolute Gasteiger partial charge is 0.00948 e. The molecule has 0 aliphatic heterocycles. The summed E-state index contributed by atoms with van der Waals surface area (Å²) >= 11 is 0. The molecule has 0 aliphatic carbocycles. The van der Waals surface area contributed by atoms with Gasteiger partial charge in [-0.1, -0.05) is 95.7 Å². The highest BCUT2D eigenvalue weighted by molar-refractivity contribution is 5.33. The third kappa shape index (κ3) is 14.6. The lowest BCUT2D eigenvalue weighted by Crippen LogP contribution is -1.93. The maximum Gasteiger partial charge on any atom is -0.00948 e. The third-order valence-corrected chi connectivity index (χ3v) is 4.30. The van der Waals surface area contributed by atoms with E-state index in [2.05, 4.69) is 103 Å². The lowest BCUT2D eigenvalue weighted by molar-refractivity contribution is 1.04. The molecule has 0 heterocycles. The minimum Gasteiger partial charge on any atom is -0.106 e. The molecule has 0 saturated carbocycles. The normalized spacial score (nSPS) is 8.90. The summed E-state index contributed by atoms with van der Waals surface area (Å²) in [5.41, 5.74) is 8.53. The fraction of sp³-hybridized carbons (Fsp3) is 0.448. The average molecular weight is 397 g/mol. The summed E-state index contributed by atoms with van der Waals surface area (Å²) in [6, 6.07) is 13.4. The summed E-state index contributed by atoms with van der Waals surface area (Å²) in [4.78, 5) is 0. The minimum atomic E-state index is 1.07. The lowest BCUT2D eigenvalue weighted by Gasteiger charge is -2.07. The predicted octanol–water partition coefficient (Wildman–Crippen LogP) is 9.40. The van der Waals surface area contributed by atoms with E-state index in [4.69, 9.17) is 0 Å². The van der Waals surface area contributed by atoms with Gasteiger partial charge in [-0.2, -0.15) is 0 Å². The molecule has 0 aliphatic rings. The van der Waals surface area contributed by atoms with Crippen LogP contribution in [0.5, 0.6) is 0 Å². The number of benzene rings is 2. The van der Waals surface area contributed by atoms with Crippen molar-refractivity contribution in [2.24, 2.45) is 0 Å². The van der Waals surface area contributed by atoms with Gasteiger partial charge >= 0.3 is 0 Å². The Morgan fingerprint density at radius 2 is 1.31 bits per heavy atom. The fourth-order valence-electron chi connectivity index (χ4n) is 2.56. The molecule has 2 rings (SSSR count). The largest absolute Gasteiger partial charge is 0.106 e. The molecule has 29 heavy (non-hydrogen) atoms. The van der Waals surface area contributed by atoms with Gasteiger partial charge in [0.05, 0.1) is 0 Å². The first-order valence-corrected chi connectivity index (χ1v) is 11.3. The van der Waals surface area contributed by atoms with Gasteiger partial charge in [0.2, 0.25) is 0 Å². The Kier molecular flexibility index (Phi) is 24.2. The standard InChI is InChI=1S/C14H20.C9H12.2C2H6.C2H4/c1-4-7-8-14-10-9-12(5-2)11-13(14)6-3;1-7-4-5-8(2)9(3)6-7;3*1-2/h4,7,9-11H,5-6,8H2,1-3H3;4-6H,1-3H3;2*1-2H3;1-2H2. The zero-order valence-electron chi connectivity index (χ0n) is 21.2. The molecule has 0 bridgehead atoms. The van der Waals surface area contributed by atoms with E-state index in [1.54, 1.807) is 0 Å².